The van der Waals surface area contributed by atoms with E-state index in [1.54, 1.807) is 0 Å². The minimum Gasteiger partial charge on any atom is -0.508 e. The molecule has 2 aliphatic heterocycles. The Bertz CT molecular complexity index is 1540. The molecule has 43 heavy (non-hydrogen) atoms. The van der Waals surface area contributed by atoms with Crippen molar-refractivity contribution < 1.29 is 74.4 Å². The first kappa shape index (κ1) is 30.7. The van der Waals surface area contributed by atoms with Gasteiger partial charge in [0.2, 0.25) is 17.5 Å². The van der Waals surface area contributed by atoms with E-state index in [1.807, 2.05) is 0 Å². The summed E-state index contributed by atoms with van der Waals surface area (Å²) in [6, 6.07) is 5.24. The van der Waals surface area contributed by atoms with Crippen molar-refractivity contribution in [3.05, 3.63) is 40.6 Å². The molecule has 0 unspecified atom stereocenters. The summed E-state index contributed by atoms with van der Waals surface area (Å²) in [5, 5.41) is 101. The van der Waals surface area contributed by atoms with Crippen LogP contribution in [0.2, 0.25) is 0 Å². The average Bonchev–Trinajstić information content (AvgIpc) is 2.96. The van der Waals surface area contributed by atoms with Gasteiger partial charge in [-0.2, -0.15) is 0 Å². The molecule has 1 aromatic heterocycles. The van der Waals surface area contributed by atoms with Crippen LogP contribution in [0.3, 0.4) is 0 Å². The van der Waals surface area contributed by atoms with Crippen LogP contribution in [-0.4, -0.2) is 119 Å². The number of aliphatic hydroxyl groups is 6. The predicted molar refractivity (Wildman–Crippen MR) is 140 cm³/mol. The molecule has 16 nitrogen and oxygen atoms in total. The van der Waals surface area contributed by atoms with Gasteiger partial charge in [-0.25, -0.2) is 0 Å². The molecule has 5 rings (SSSR count). The van der Waals surface area contributed by atoms with Gasteiger partial charge < -0.3 is 74.4 Å². The first-order valence-corrected chi connectivity index (χ1v) is 13.0. The number of aliphatic hydroxyl groups excluding tert-OH is 6. The Kier molecular flexibility index (Phi) is 8.41. The molecule has 2 aliphatic rings. The standard InChI is InChI=1S/C27H30O16/c1-8-17(32)20(35)22(37)26(40-8)39-7-15-18(33)21(36)23(38)27(42-15)43-25-19(34)16-13(31)5-10(28)6-14(16)41-24(25)9-2-3-11(29)12(30)4-9/h2-6,8,15,17-18,20-23,26-33,35-38H,7H2,1H3/t8-,15-,17-,18-,20-,21-,22-,23-,26-,27+/m1/s1. The van der Waals surface area contributed by atoms with Crippen LogP contribution in [-0.2, 0) is 14.2 Å². The average molecular weight is 611 g/mol. The van der Waals surface area contributed by atoms with Crippen molar-refractivity contribution in [2.75, 3.05) is 6.61 Å². The normalized spacial score (nSPS) is 33.0. The number of phenols is 4. The van der Waals surface area contributed by atoms with Gasteiger partial charge >= 0.3 is 0 Å². The zero-order chi connectivity index (χ0) is 31.3. The summed E-state index contributed by atoms with van der Waals surface area (Å²) in [6.07, 6.45) is -16.2. The number of hydrogen-bond donors (Lipinski definition) is 10. The molecule has 2 fully saturated rings. The van der Waals surface area contributed by atoms with Gasteiger partial charge in [0.15, 0.2) is 23.5 Å². The van der Waals surface area contributed by atoms with Crippen LogP contribution < -0.4 is 10.2 Å². The Hall–Kier alpha value is -3.71. The molecule has 234 valence electrons. The van der Waals surface area contributed by atoms with Crippen molar-refractivity contribution in [2.24, 2.45) is 0 Å². The molecule has 0 spiro atoms. The maximum absolute atomic E-state index is 13.6. The molecule has 16 heteroatoms. The van der Waals surface area contributed by atoms with Gasteiger partial charge in [-0.15, -0.1) is 0 Å². The number of fused-ring (bicyclic) bond motifs is 1. The molecular formula is C27H30O16. The van der Waals surface area contributed by atoms with Crippen LogP contribution in [0.5, 0.6) is 28.7 Å². The molecule has 2 saturated heterocycles. The summed E-state index contributed by atoms with van der Waals surface area (Å²) in [7, 11) is 0. The van der Waals surface area contributed by atoms with E-state index in [9.17, 15) is 55.9 Å². The van der Waals surface area contributed by atoms with Crippen molar-refractivity contribution in [3.8, 4) is 40.1 Å². The SMILES string of the molecule is C[C@H]1O[C@@H](OC[C@H]2O[C@@H](Oc3c(-c4ccc(O)c(O)c4)oc4cc(O)cc(O)c4c3=O)[C@H](O)[C@H](O)[C@@H]2O)[C@H](O)[C@H](O)[C@@H]1O. The second kappa shape index (κ2) is 11.8. The minimum atomic E-state index is -1.97. The lowest BCUT2D eigenvalue weighted by atomic mass is 9.98. The first-order valence-electron chi connectivity index (χ1n) is 13.0. The third kappa shape index (κ3) is 5.67. The molecule has 10 N–H and O–H groups in total. The molecule has 2 aromatic carbocycles. The van der Waals surface area contributed by atoms with Crippen molar-refractivity contribution in [3.63, 3.8) is 0 Å². The molecule has 0 saturated carbocycles. The maximum atomic E-state index is 13.6. The fraction of sp³-hybridized carbons (Fsp3) is 0.444. The highest BCUT2D eigenvalue weighted by Gasteiger charge is 2.47. The Morgan fingerprint density at radius 1 is 0.744 bits per heavy atom. The third-order valence-corrected chi connectivity index (χ3v) is 7.29. The predicted octanol–water partition coefficient (Wildman–Crippen LogP) is -1.69. The Balaban J connectivity index is 1.48. The summed E-state index contributed by atoms with van der Waals surface area (Å²) < 4.78 is 27.8. The van der Waals surface area contributed by atoms with Crippen molar-refractivity contribution in [2.45, 2.75) is 68.3 Å². The van der Waals surface area contributed by atoms with Crippen LogP contribution in [0.4, 0.5) is 0 Å². The molecule has 0 bridgehead atoms. The topological polar surface area (TPSA) is 269 Å². The summed E-state index contributed by atoms with van der Waals surface area (Å²) in [6.45, 7) is 0.818. The fourth-order valence-corrected chi connectivity index (χ4v) is 4.84. The highest BCUT2D eigenvalue weighted by atomic mass is 16.7. The van der Waals surface area contributed by atoms with Crippen molar-refractivity contribution >= 4 is 11.0 Å². The van der Waals surface area contributed by atoms with Crippen molar-refractivity contribution in [1.82, 2.24) is 0 Å². The Morgan fingerprint density at radius 3 is 2.12 bits per heavy atom. The minimum absolute atomic E-state index is 0.0313. The van der Waals surface area contributed by atoms with Gasteiger partial charge in [0.25, 0.3) is 0 Å². The summed E-state index contributed by atoms with van der Waals surface area (Å²) in [4.78, 5) is 13.6. The van der Waals surface area contributed by atoms with Crippen molar-refractivity contribution in [1.29, 1.82) is 0 Å². The van der Waals surface area contributed by atoms with Crippen LogP contribution in [0, 0.1) is 0 Å². The Morgan fingerprint density at radius 2 is 1.42 bits per heavy atom. The van der Waals surface area contributed by atoms with E-state index in [4.69, 9.17) is 23.4 Å². The van der Waals surface area contributed by atoms with Gasteiger partial charge in [-0.1, -0.05) is 0 Å². The second-order valence-electron chi connectivity index (χ2n) is 10.3. The van der Waals surface area contributed by atoms with E-state index in [2.05, 4.69) is 0 Å². The van der Waals surface area contributed by atoms with Crippen LogP contribution in [0.15, 0.2) is 39.5 Å². The van der Waals surface area contributed by atoms with Gasteiger partial charge in [-0.05, 0) is 25.1 Å². The van der Waals surface area contributed by atoms with Crippen LogP contribution in [0.25, 0.3) is 22.3 Å². The van der Waals surface area contributed by atoms with E-state index >= 15 is 0 Å². The lowest BCUT2D eigenvalue weighted by Gasteiger charge is -2.42. The lowest BCUT2D eigenvalue weighted by Crippen LogP contribution is -2.61. The van der Waals surface area contributed by atoms with E-state index in [0.717, 1.165) is 24.3 Å². The maximum Gasteiger partial charge on any atom is 0.239 e. The first-order chi connectivity index (χ1) is 20.3. The van der Waals surface area contributed by atoms with Gasteiger partial charge in [-0.3, -0.25) is 4.79 Å². The third-order valence-electron chi connectivity index (χ3n) is 7.29. The Labute approximate surface area is 241 Å². The highest BCUT2D eigenvalue weighted by molar-refractivity contribution is 5.88. The summed E-state index contributed by atoms with van der Waals surface area (Å²) in [5.41, 5.74) is -1.35. The molecule has 0 aliphatic carbocycles. The summed E-state index contributed by atoms with van der Waals surface area (Å²) in [5.74, 6) is -3.33. The number of benzene rings is 2. The zero-order valence-electron chi connectivity index (χ0n) is 22.3. The van der Waals surface area contributed by atoms with E-state index in [0.29, 0.717) is 0 Å². The monoisotopic (exact) mass is 610 g/mol. The van der Waals surface area contributed by atoms with E-state index in [1.165, 1.54) is 13.0 Å². The molecular weight excluding hydrogens is 580 g/mol. The molecule has 3 heterocycles. The number of rotatable bonds is 6. The quantitative estimate of drug-likeness (QED) is 0.140. The fourth-order valence-electron chi connectivity index (χ4n) is 4.84. The van der Waals surface area contributed by atoms with Gasteiger partial charge in [0, 0.05) is 17.7 Å². The van der Waals surface area contributed by atoms with E-state index < -0.39 is 113 Å². The smallest absolute Gasteiger partial charge is 0.239 e. The highest BCUT2D eigenvalue weighted by Crippen LogP contribution is 2.39. The lowest BCUT2D eigenvalue weighted by molar-refractivity contribution is -0.318. The van der Waals surface area contributed by atoms with Gasteiger partial charge in [0.05, 0.1) is 12.7 Å². The summed E-state index contributed by atoms with van der Waals surface area (Å²) >= 11 is 0. The molecule has 10 atom stereocenters. The molecule has 0 radical (unpaired) electrons. The number of hydrogen-bond acceptors (Lipinski definition) is 16. The number of aromatic hydroxyl groups is 4. The van der Waals surface area contributed by atoms with Gasteiger partial charge in [0.1, 0.15) is 65.2 Å². The largest absolute Gasteiger partial charge is 0.508 e. The molecule has 0 amide bonds. The number of ether oxygens (including phenoxy) is 4. The number of phenolic OH excluding ortho intramolecular Hbond substituents is 4. The second-order valence-corrected chi connectivity index (χ2v) is 10.3. The van der Waals surface area contributed by atoms with E-state index in [-0.39, 0.29) is 11.1 Å². The van der Waals surface area contributed by atoms with Crippen LogP contribution in [0.1, 0.15) is 6.92 Å². The molecule has 3 aromatic rings. The van der Waals surface area contributed by atoms with Crippen LogP contribution >= 0.6 is 0 Å². The zero-order valence-corrected chi connectivity index (χ0v) is 22.3.